The summed E-state index contributed by atoms with van der Waals surface area (Å²) >= 11 is 3.63. The summed E-state index contributed by atoms with van der Waals surface area (Å²) in [6.45, 7) is 12.1. The molecular weight excluding hydrogens is 708 g/mol. The Hall–Kier alpha value is -6.16. The van der Waals surface area contributed by atoms with Gasteiger partial charge in [0.05, 0.1) is 5.52 Å². The number of rotatable bonds is 11. The minimum Gasteiger partial charge on any atom is -0.313 e. The molecule has 0 fully saturated rings. The van der Waals surface area contributed by atoms with Crippen molar-refractivity contribution in [2.24, 2.45) is 0 Å². The lowest BCUT2D eigenvalue weighted by Gasteiger charge is -2.26. The van der Waals surface area contributed by atoms with Gasteiger partial charge < -0.3 is 9.47 Å². The summed E-state index contributed by atoms with van der Waals surface area (Å²) in [7, 11) is 0. The molecule has 1 heterocycles. The third kappa shape index (κ3) is 7.58. The molecule has 0 aliphatic rings. The van der Waals surface area contributed by atoms with E-state index in [0.29, 0.717) is 0 Å². The van der Waals surface area contributed by atoms with Crippen LogP contribution in [0.3, 0.4) is 0 Å². The van der Waals surface area contributed by atoms with Crippen LogP contribution in [0, 0.1) is 6.92 Å². The van der Waals surface area contributed by atoms with Crippen molar-refractivity contribution in [1.82, 2.24) is 4.57 Å². The predicted octanol–water partition coefficient (Wildman–Crippen LogP) is 14.8. The van der Waals surface area contributed by atoms with Gasteiger partial charge in [-0.3, -0.25) is 0 Å². The number of nitrogens with zero attached hydrogens (tertiary/aromatic N) is 2. The zero-order chi connectivity index (χ0) is 36.7. The molecule has 2 nitrogen and oxygen atoms in total. The molecule has 258 valence electrons. The van der Waals surface area contributed by atoms with Crippen LogP contribution in [0.25, 0.3) is 50.5 Å². The van der Waals surface area contributed by atoms with E-state index < -0.39 is 0 Å². The highest BCUT2D eigenvalue weighted by Gasteiger charge is 2.17. The van der Waals surface area contributed by atoms with Crippen molar-refractivity contribution in [2.45, 2.75) is 13.8 Å². The monoisotopic (exact) mass is 748 g/mol. The molecular formula is C50H41BrN2. The number of allylic oxidation sites excluding steroid dienone is 7. The Morgan fingerprint density at radius 2 is 1.23 bits per heavy atom. The van der Waals surface area contributed by atoms with Gasteiger partial charge in [0.25, 0.3) is 0 Å². The van der Waals surface area contributed by atoms with Gasteiger partial charge in [0, 0.05) is 39.4 Å². The van der Waals surface area contributed by atoms with Crippen molar-refractivity contribution >= 4 is 55.5 Å². The molecule has 7 rings (SSSR count). The molecule has 0 bridgehead atoms. The number of aromatic nitrogens is 1. The van der Waals surface area contributed by atoms with Crippen LogP contribution in [0.4, 0.5) is 17.1 Å². The Kier molecular flexibility index (Phi) is 10.7. The molecule has 0 N–H and O–H groups in total. The number of hydrogen-bond acceptors (Lipinski definition) is 1. The first-order valence-corrected chi connectivity index (χ1v) is 18.6. The van der Waals surface area contributed by atoms with Crippen LogP contribution in [-0.4, -0.2) is 4.57 Å². The highest BCUT2D eigenvalue weighted by molar-refractivity contribution is 9.11. The predicted molar refractivity (Wildman–Crippen MR) is 234 cm³/mol. The molecule has 1 aromatic heterocycles. The van der Waals surface area contributed by atoms with Gasteiger partial charge >= 0.3 is 0 Å². The van der Waals surface area contributed by atoms with E-state index in [1.54, 1.807) is 0 Å². The fourth-order valence-electron chi connectivity index (χ4n) is 6.98. The van der Waals surface area contributed by atoms with Crippen LogP contribution in [-0.2, 0) is 0 Å². The van der Waals surface area contributed by atoms with Gasteiger partial charge in [-0.25, -0.2) is 0 Å². The first-order chi connectivity index (χ1) is 25.9. The van der Waals surface area contributed by atoms with Gasteiger partial charge in [0.1, 0.15) is 0 Å². The van der Waals surface area contributed by atoms with E-state index in [0.717, 1.165) is 43.9 Å². The van der Waals surface area contributed by atoms with Crippen LogP contribution in [0.15, 0.2) is 200 Å². The summed E-state index contributed by atoms with van der Waals surface area (Å²) in [5.41, 5.74) is 14.8. The Bertz CT molecular complexity index is 2480. The van der Waals surface area contributed by atoms with E-state index in [2.05, 4.69) is 209 Å². The molecule has 0 unspecified atom stereocenters. The maximum Gasteiger partial charge on any atom is 0.0538 e. The van der Waals surface area contributed by atoms with E-state index in [-0.39, 0.29) is 0 Å². The average molecular weight is 750 g/mol. The van der Waals surface area contributed by atoms with Gasteiger partial charge in [0.15, 0.2) is 0 Å². The zero-order valence-electron chi connectivity index (χ0n) is 30.1. The molecule has 0 aliphatic carbocycles. The minimum absolute atomic E-state index is 1.05. The second-order valence-corrected chi connectivity index (χ2v) is 14.2. The van der Waals surface area contributed by atoms with Crippen LogP contribution < -0.4 is 4.90 Å². The van der Waals surface area contributed by atoms with Crippen molar-refractivity contribution in [3.05, 3.63) is 217 Å². The summed E-state index contributed by atoms with van der Waals surface area (Å²) < 4.78 is 3.39. The third-order valence-electron chi connectivity index (χ3n) is 9.45. The van der Waals surface area contributed by atoms with Crippen LogP contribution >= 0.6 is 15.9 Å². The molecule has 0 saturated carbocycles. The molecule has 53 heavy (non-hydrogen) atoms. The fraction of sp³-hybridized carbons (Fsp3) is 0.0400. The smallest absolute Gasteiger partial charge is 0.0538 e. The molecule has 7 aromatic rings. The van der Waals surface area contributed by atoms with E-state index in [1.807, 2.05) is 31.2 Å². The van der Waals surface area contributed by atoms with E-state index in [4.69, 9.17) is 0 Å². The molecule has 3 heteroatoms. The molecule has 6 aromatic carbocycles. The Morgan fingerprint density at radius 3 is 1.85 bits per heavy atom. The first-order valence-electron chi connectivity index (χ1n) is 17.8. The lowest BCUT2D eigenvalue weighted by Crippen LogP contribution is -2.10. The van der Waals surface area contributed by atoms with Crippen molar-refractivity contribution in [1.29, 1.82) is 0 Å². The largest absolute Gasteiger partial charge is 0.313 e. The molecule has 0 amide bonds. The van der Waals surface area contributed by atoms with Gasteiger partial charge in [-0.05, 0) is 118 Å². The number of anilines is 3. The van der Waals surface area contributed by atoms with Gasteiger partial charge in [-0.1, -0.05) is 150 Å². The van der Waals surface area contributed by atoms with Crippen LogP contribution in [0.1, 0.15) is 23.7 Å². The van der Waals surface area contributed by atoms with E-state index in [1.165, 1.54) is 38.9 Å². The van der Waals surface area contributed by atoms with Crippen LogP contribution in [0.5, 0.6) is 0 Å². The number of para-hydroxylation sites is 1. The minimum atomic E-state index is 1.05. The number of halogens is 1. The molecule has 0 atom stereocenters. The first kappa shape index (κ1) is 35.3. The zero-order valence-corrected chi connectivity index (χ0v) is 31.7. The Balaban J connectivity index is 1.31. The van der Waals surface area contributed by atoms with E-state index in [9.17, 15) is 0 Å². The lowest BCUT2D eigenvalue weighted by atomic mass is 10.0. The standard InChI is InChI=1S/C50H41BrN2/c1-5-7-22-48-37(4)52(44-19-12-9-13-20-44)50-32-27-43(35-49(48)50)40-25-30-46(31-26-40)53(45-28-23-39(24-29-45)38-16-10-8-11-17-38)47-21-14-18-42(34-47)41(15-6-2)33-36(3)51/h5-35H,1-2H2,3-4H3/b22-7-,36-33+,41-15+. The van der Waals surface area contributed by atoms with Gasteiger partial charge in [-0.2, -0.15) is 0 Å². The Labute approximate surface area is 321 Å². The quantitative estimate of drug-likeness (QED) is 0.120. The van der Waals surface area contributed by atoms with E-state index >= 15 is 0 Å². The second-order valence-electron chi connectivity index (χ2n) is 12.9. The summed E-state index contributed by atoms with van der Waals surface area (Å²) in [6, 6.07) is 54.2. The average Bonchev–Trinajstić information content (AvgIpc) is 3.48. The summed E-state index contributed by atoms with van der Waals surface area (Å²) in [5.74, 6) is 0. The molecule has 0 spiro atoms. The van der Waals surface area contributed by atoms with Gasteiger partial charge in [-0.15, -0.1) is 0 Å². The molecule has 0 saturated heterocycles. The Morgan fingerprint density at radius 1 is 0.623 bits per heavy atom. The van der Waals surface area contributed by atoms with Crippen molar-refractivity contribution in [3.63, 3.8) is 0 Å². The highest BCUT2D eigenvalue weighted by atomic mass is 79.9. The van der Waals surface area contributed by atoms with Crippen molar-refractivity contribution in [3.8, 4) is 27.9 Å². The highest BCUT2D eigenvalue weighted by Crippen LogP contribution is 2.39. The SMILES string of the molecule is C=C/C=C\c1c(C)n(-c2ccccc2)c2ccc(-c3ccc(N(c4ccc(-c5ccccc5)cc4)c4cccc(C(/C=C(\C)Br)=C/C=C)c4)cc3)cc12. The van der Waals surface area contributed by atoms with Crippen molar-refractivity contribution < 1.29 is 0 Å². The normalized spacial score (nSPS) is 12.0. The summed E-state index contributed by atoms with van der Waals surface area (Å²) in [6.07, 6.45) is 12.0. The molecule has 0 radical (unpaired) electrons. The maximum absolute atomic E-state index is 3.97. The fourth-order valence-corrected chi connectivity index (χ4v) is 7.23. The lowest BCUT2D eigenvalue weighted by molar-refractivity contribution is 1.05. The summed E-state index contributed by atoms with van der Waals surface area (Å²) in [4.78, 5) is 2.32. The third-order valence-corrected chi connectivity index (χ3v) is 9.68. The summed E-state index contributed by atoms with van der Waals surface area (Å²) in [5, 5.41) is 1.21. The van der Waals surface area contributed by atoms with Gasteiger partial charge in [0.2, 0.25) is 0 Å². The number of benzene rings is 6. The molecule has 0 aliphatic heterocycles. The van der Waals surface area contributed by atoms with Crippen molar-refractivity contribution in [2.75, 3.05) is 4.90 Å². The second kappa shape index (κ2) is 16.0. The van der Waals surface area contributed by atoms with Crippen LogP contribution in [0.2, 0.25) is 0 Å². The maximum atomic E-state index is 3.97. The number of hydrogen-bond donors (Lipinski definition) is 0. The number of fused-ring (bicyclic) bond motifs is 1. The topological polar surface area (TPSA) is 8.17 Å².